The van der Waals surface area contributed by atoms with Gasteiger partial charge in [-0.2, -0.15) is 0 Å². The van der Waals surface area contributed by atoms with Gasteiger partial charge < -0.3 is 20.1 Å². The summed E-state index contributed by atoms with van der Waals surface area (Å²) in [6.07, 6.45) is 4.84. The van der Waals surface area contributed by atoms with Gasteiger partial charge in [-0.3, -0.25) is 23.1 Å². The van der Waals surface area contributed by atoms with Gasteiger partial charge in [0.2, 0.25) is 11.8 Å². The molecule has 0 spiro atoms. The van der Waals surface area contributed by atoms with Crippen LogP contribution in [0.2, 0.25) is 0 Å². The number of halogens is 1. The van der Waals surface area contributed by atoms with Crippen LogP contribution in [0.1, 0.15) is 89.5 Å². The molecule has 10 nitrogen and oxygen atoms in total. The van der Waals surface area contributed by atoms with E-state index in [2.05, 4.69) is 10.6 Å². The quantitative estimate of drug-likeness (QED) is 0.147. The molecule has 4 aromatic rings. The number of carbonyl (C=O) groups excluding carboxylic acids is 4. The van der Waals surface area contributed by atoms with Gasteiger partial charge in [0.1, 0.15) is 17.2 Å². The van der Waals surface area contributed by atoms with Crippen LogP contribution in [0, 0.1) is 13.8 Å². The zero-order valence-electron chi connectivity index (χ0n) is 30.6. The van der Waals surface area contributed by atoms with Crippen LogP contribution in [0.15, 0.2) is 48.8 Å². The summed E-state index contributed by atoms with van der Waals surface area (Å²) in [5, 5.41) is 7.37. The lowest BCUT2D eigenvalue weighted by Gasteiger charge is -2.20. The SMILES string of the molecule is Cc1ccc2c(c1)c(CC(=O)N[C@@H](Cc1cn(C(=O)OC(C)(C)C)c3ccc(C)cc13)C(=O)NCCCCCCF)cn2C(=O)OC(C)(C)C. The molecule has 2 amide bonds. The second-order valence-corrected chi connectivity index (χ2v) is 14.9. The minimum Gasteiger partial charge on any atom is -0.443 e. The second kappa shape index (κ2) is 15.9. The van der Waals surface area contributed by atoms with E-state index >= 15 is 0 Å². The number of hydrogen-bond acceptors (Lipinski definition) is 6. The Morgan fingerprint density at radius 1 is 0.740 bits per heavy atom. The van der Waals surface area contributed by atoms with Crippen LogP contribution < -0.4 is 10.6 Å². The maximum absolute atomic E-state index is 13.8. The van der Waals surface area contributed by atoms with E-state index in [9.17, 15) is 23.6 Å². The zero-order chi connectivity index (χ0) is 36.8. The molecule has 2 heterocycles. The topological polar surface area (TPSA) is 121 Å². The maximum atomic E-state index is 13.8. The van der Waals surface area contributed by atoms with Crippen molar-refractivity contribution in [2.45, 2.75) is 111 Å². The Morgan fingerprint density at radius 3 is 1.76 bits per heavy atom. The summed E-state index contributed by atoms with van der Waals surface area (Å²) in [5.41, 5.74) is 3.03. The Hall–Kier alpha value is -4.67. The van der Waals surface area contributed by atoms with E-state index in [1.54, 1.807) is 53.9 Å². The minimum atomic E-state index is -0.979. The van der Waals surface area contributed by atoms with Gasteiger partial charge in [0.15, 0.2) is 0 Å². The van der Waals surface area contributed by atoms with Crippen molar-refractivity contribution in [2.24, 2.45) is 0 Å². The van der Waals surface area contributed by atoms with Gasteiger partial charge in [0.05, 0.1) is 24.1 Å². The normalized spacial score (nSPS) is 12.6. The number of amides is 2. The van der Waals surface area contributed by atoms with Gasteiger partial charge in [-0.05, 0) is 104 Å². The number of nitrogens with zero attached hydrogens (tertiary/aromatic N) is 2. The number of carbonyl (C=O) groups is 4. The highest BCUT2D eigenvalue weighted by Gasteiger charge is 2.27. The summed E-state index contributed by atoms with van der Waals surface area (Å²) in [4.78, 5) is 53.8. The molecule has 270 valence electrons. The van der Waals surface area contributed by atoms with Crippen LogP contribution in [0.5, 0.6) is 0 Å². The first kappa shape index (κ1) is 38.1. The molecule has 1 atom stereocenters. The number of ether oxygens (including phenoxy) is 2. The Balaban J connectivity index is 1.64. The van der Waals surface area contributed by atoms with Crippen molar-refractivity contribution in [3.63, 3.8) is 0 Å². The van der Waals surface area contributed by atoms with Gasteiger partial charge in [-0.1, -0.05) is 36.1 Å². The molecule has 4 rings (SSSR count). The van der Waals surface area contributed by atoms with Crippen LogP contribution in [0.3, 0.4) is 0 Å². The first-order chi connectivity index (χ1) is 23.5. The molecule has 2 aromatic heterocycles. The third-order valence-corrected chi connectivity index (χ3v) is 8.05. The average Bonchev–Trinajstić information content (AvgIpc) is 3.54. The highest BCUT2D eigenvalue weighted by molar-refractivity contribution is 5.97. The summed E-state index contributed by atoms with van der Waals surface area (Å²) in [5.74, 6) is -0.786. The summed E-state index contributed by atoms with van der Waals surface area (Å²) in [6.45, 7) is 14.6. The number of unbranched alkanes of at least 4 members (excludes halogenated alkanes) is 3. The van der Waals surface area contributed by atoms with E-state index in [1.807, 2.05) is 50.2 Å². The van der Waals surface area contributed by atoms with Crippen LogP contribution in [-0.4, -0.2) is 63.6 Å². The van der Waals surface area contributed by atoms with Crippen molar-refractivity contribution in [1.29, 1.82) is 0 Å². The van der Waals surface area contributed by atoms with E-state index in [0.717, 1.165) is 34.7 Å². The molecular weight excluding hydrogens is 639 g/mol. The van der Waals surface area contributed by atoms with Crippen molar-refractivity contribution in [3.8, 4) is 0 Å². The van der Waals surface area contributed by atoms with E-state index in [0.29, 0.717) is 41.5 Å². The molecule has 0 aliphatic heterocycles. The van der Waals surface area contributed by atoms with E-state index in [1.165, 1.54) is 9.13 Å². The van der Waals surface area contributed by atoms with Crippen LogP contribution >= 0.6 is 0 Å². The molecule has 0 saturated carbocycles. The fourth-order valence-corrected chi connectivity index (χ4v) is 5.81. The Bertz CT molecular complexity index is 1860. The highest BCUT2D eigenvalue weighted by atomic mass is 19.1. The predicted molar refractivity (Wildman–Crippen MR) is 193 cm³/mol. The first-order valence-electron chi connectivity index (χ1n) is 17.3. The summed E-state index contributed by atoms with van der Waals surface area (Å²) >= 11 is 0. The largest absolute Gasteiger partial charge is 0.443 e. The predicted octanol–water partition coefficient (Wildman–Crippen LogP) is 7.70. The van der Waals surface area contributed by atoms with Gasteiger partial charge in [-0.25, -0.2) is 9.59 Å². The van der Waals surface area contributed by atoms with E-state index < -0.39 is 35.3 Å². The smallest absolute Gasteiger partial charge is 0.419 e. The third kappa shape index (κ3) is 10.2. The summed E-state index contributed by atoms with van der Waals surface area (Å²) < 4.78 is 26.7. The minimum absolute atomic E-state index is 0.0957. The Kier molecular flexibility index (Phi) is 12.1. The fraction of sp³-hybridized carbons (Fsp3) is 0.487. The van der Waals surface area contributed by atoms with Gasteiger partial charge in [0, 0.05) is 36.1 Å². The summed E-state index contributed by atoms with van der Waals surface area (Å²) in [7, 11) is 0. The van der Waals surface area contributed by atoms with Crippen molar-refractivity contribution in [3.05, 3.63) is 71.0 Å². The molecular formula is C39H51FN4O6. The van der Waals surface area contributed by atoms with Crippen LogP contribution in [-0.2, 0) is 31.9 Å². The molecule has 0 unspecified atom stereocenters. The maximum Gasteiger partial charge on any atom is 0.419 e. The molecule has 50 heavy (non-hydrogen) atoms. The van der Waals surface area contributed by atoms with Gasteiger partial charge in [0.25, 0.3) is 0 Å². The molecule has 0 radical (unpaired) electrons. The number of alkyl halides is 1. The molecule has 2 aromatic carbocycles. The van der Waals surface area contributed by atoms with Crippen molar-refractivity contribution in [1.82, 2.24) is 19.8 Å². The number of benzene rings is 2. The monoisotopic (exact) mass is 690 g/mol. The molecule has 11 heteroatoms. The lowest BCUT2D eigenvalue weighted by atomic mass is 10.0. The van der Waals surface area contributed by atoms with Gasteiger partial charge >= 0.3 is 12.2 Å². The van der Waals surface area contributed by atoms with Crippen molar-refractivity contribution < 1.29 is 33.0 Å². The molecule has 0 fully saturated rings. The van der Waals surface area contributed by atoms with Crippen molar-refractivity contribution >= 4 is 45.8 Å². The standard InChI is InChI=1S/C39H51FN4O6/c1-25-13-15-32-29(19-25)27(23-43(32)36(47)49-38(3,4)5)21-31(35(46)41-18-12-10-9-11-17-40)42-34(45)22-28-24-44(37(48)50-39(6,7)8)33-16-14-26(2)20-30(28)33/h13-16,19-20,23-24,31H,9-12,17-18,21-22H2,1-8H3,(H,41,46)(H,42,45)/t31-/m0/s1. The first-order valence-corrected chi connectivity index (χ1v) is 17.3. The highest BCUT2D eigenvalue weighted by Crippen LogP contribution is 2.27. The zero-order valence-corrected chi connectivity index (χ0v) is 30.6. The molecule has 0 bridgehead atoms. The molecule has 0 aliphatic rings. The van der Waals surface area contributed by atoms with Crippen LogP contribution in [0.4, 0.5) is 14.0 Å². The average molecular weight is 691 g/mol. The second-order valence-electron chi connectivity index (χ2n) is 14.9. The summed E-state index contributed by atoms with van der Waals surface area (Å²) in [6, 6.07) is 10.3. The number of fused-ring (bicyclic) bond motifs is 2. The van der Waals surface area contributed by atoms with E-state index in [4.69, 9.17) is 9.47 Å². The van der Waals surface area contributed by atoms with Crippen molar-refractivity contribution in [2.75, 3.05) is 13.2 Å². The van der Waals surface area contributed by atoms with E-state index in [-0.39, 0.29) is 25.4 Å². The molecule has 2 N–H and O–H groups in total. The number of aryl methyl sites for hydroxylation is 2. The number of rotatable bonds is 12. The number of aromatic nitrogens is 2. The van der Waals surface area contributed by atoms with Gasteiger partial charge in [-0.15, -0.1) is 0 Å². The molecule has 0 aliphatic carbocycles. The molecule has 0 saturated heterocycles. The Morgan fingerprint density at radius 2 is 1.24 bits per heavy atom. The lowest BCUT2D eigenvalue weighted by molar-refractivity contribution is -0.128. The third-order valence-electron chi connectivity index (χ3n) is 8.05. The Labute approximate surface area is 293 Å². The lowest BCUT2D eigenvalue weighted by Crippen LogP contribution is -2.48. The van der Waals surface area contributed by atoms with Crippen LogP contribution in [0.25, 0.3) is 21.8 Å². The number of hydrogen-bond donors (Lipinski definition) is 2. The fourth-order valence-electron chi connectivity index (χ4n) is 5.81. The number of nitrogens with one attached hydrogen (secondary N) is 2.